The van der Waals surface area contributed by atoms with E-state index in [0.29, 0.717) is 0 Å². The highest BCUT2D eigenvalue weighted by molar-refractivity contribution is 9.09. The Balaban J connectivity index is 2.09. The molecule has 1 aromatic carbocycles. The number of methoxy groups -OCH3 is 1. The van der Waals surface area contributed by atoms with Crippen LogP contribution in [0.3, 0.4) is 0 Å². The van der Waals surface area contributed by atoms with Crippen molar-refractivity contribution in [3.8, 4) is 5.75 Å². The lowest BCUT2D eigenvalue weighted by Gasteiger charge is -2.10. The van der Waals surface area contributed by atoms with Crippen molar-refractivity contribution in [3.63, 3.8) is 0 Å². The Kier molecular flexibility index (Phi) is 3.12. The maximum absolute atomic E-state index is 5.14. The van der Waals surface area contributed by atoms with Crippen molar-refractivity contribution in [2.45, 2.75) is 30.0 Å². The Hall–Kier alpha value is -0.500. The van der Waals surface area contributed by atoms with Gasteiger partial charge in [0.25, 0.3) is 0 Å². The van der Waals surface area contributed by atoms with E-state index < -0.39 is 0 Å². The maximum Gasteiger partial charge on any atom is 0.118 e. The van der Waals surface area contributed by atoms with Gasteiger partial charge in [0.05, 0.1) is 7.11 Å². The first-order valence-electron chi connectivity index (χ1n) is 5.07. The number of hydrogen-bond donors (Lipinski definition) is 0. The maximum atomic E-state index is 5.14. The van der Waals surface area contributed by atoms with Gasteiger partial charge in [-0.05, 0) is 42.9 Å². The molecule has 2 heteroatoms. The van der Waals surface area contributed by atoms with Gasteiger partial charge in [-0.1, -0.05) is 28.1 Å². The molecule has 1 aliphatic carbocycles. The molecule has 1 saturated carbocycles. The van der Waals surface area contributed by atoms with E-state index in [0.717, 1.165) is 16.5 Å². The zero-order valence-electron chi connectivity index (χ0n) is 8.37. The average Bonchev–Trinajstić information content (AvgIpc) is 2.65. The largest absolute Gasteiger partial charge is 0.497 e. The van der Waals surface area contributed by atoms with Crippen molar-refractivity contribution in [1.29, 1.82) is 0 Å². The number of alkyl halides is 1. The van der Waals surface area contributed by atoms with Crippen LogP contribution in [0.15, 0.2) is 24.3 Å². The second-order valence-corrected chi connectivity index (χ2v) is 5.18. The topological polar surface area (TPSA) is 9.23 Å². The van der Waals surface area contributed by atoms with Gasteiger partial charge in [-0.3, -0.25) is 0 Å². The van der Waals surface area contributed by atoms with E-state index in [2.05, 4.69) is 40.2 Å². The average molecular weight is 255 g/mol. The normalized spacial score (nSPS) is 26.4. The SMILES string of the molecule is COc1ccc(C2CCC(Br)C2)cc1. The Labute approximate surface area is 93.6 Å². The number of rotatable bonds is 2. The number of hydrogen-bond acceptors (Lipinski definition) is 1. The van der Waals surface area contributed by atoms with Crippen LogP contribution in [0.25, 0.3) is 0 Å². The van der Waals surface area contributed by atoms with Crippen LogP contribution < -0.4 is 4.74 Å². The van der Waals surface area contributed by atoms with Gasteiger partial charge < -0.3 is 4.74 Å². The zero-order valence-corrected chi connectivity index (χ0v) is 9.96. The minimum absolute atomic E-state index is 0.717. The van der Waals surface area contributed by atoms with Crippen LogP contribution in [0.5, 0.6) is 5.75 Å². The van der Waals surface area contributed by atoms with Crippen molar-refractivity contribution in [1.82, 2.24) is 0 Å². The molecule has 2 atom stereocenters. The van der Waals surface area contributed by atoms with Gasteiger partial charge in [0.2, 0.25) is 0 Å². The second kappa shape index (κ2) is 4.35. The summed E-state index contributed by atoms with van der Waals surface area (Å²) in [5.74, 6) is 1.69. The van der Waals surface area contributed by atoms with Crippen LogP contribution in [0.1, 0.15) is 30.7 Å². The molecule has 0 bridgehead atoms. The molecule has 0 heterocycles. The van der Waals surface area contributed by atoms with Gasteiger partial charge in [0.1, 0.15) is 5.75 Å². The van der Waals surface area contributed by atoms with Crippen molar-refractivity contribution in [2.75, 3.05) is 7.11 Å². The molecule has 0 spiro atoms. The molecule has 14 heavy (non-hydrogen) atoms. The fourth-order valence-electron chi connectivity index (χ4n) is 2.11. The lowest BCUT2D eigenvalue weighted by atomic mass is 9.98. The van der Waals surface area contributed by atoms with Gasteiger partial charge in [0, 0.05) is 4.83 Å². The van der Waals surface area contributed by atoms with Crippen molar-refractivity contribution in [3.05, 3.63) is 29.8 Å². The molecule has 76 valence electrons. The highest BCUT2D eigenvalue weighted by Crippen LogP contribution is 2.38. The molecule has 0 amide bonds. The molecular weight excluding hydrogens is 240 g/mol. The third kappa shape index (κ3) is 2.11. The molecule has 1 aliphatic rings. The van der Waals surface area contributed by atoms with E-state index in [1.165, 1.54) is 24.8 Å². The van der Waals surface area contributed by atoms with Gasteiger partial charge >= 0.3 is 0 Å². The van der Waals surface area contributed by atoms with Crippen LogP contribution in [-0.2, 0) is 0 Å². The lowest BCUT2D eigenvalue weighted by molar-refractivity contribution is 0.414. The van der Waals surface area contributed by atoms with Gasteiger partial charge in [0.15, 0.2) is 0 Å². The van der Waals surface area contributed by atoms with Crippen molar-refractivity contribution < 1.29 is 4.74 Å². The summed E-state index contributed by atoms with van der Waals surface area (Å²) in [6.07, 6.45) is 3.88. The Bertz CT molecular complexity index is 294. The predicted molar refractivity (Wildman–Crippen MR) is 62.3 cm³/mol. The van der Waals surface area contributed by atoms with Crippen molar-refractivity contribution >= 4 is 15.9 Å². The van der Waals surface area contributed by atoms with Crippen molar-refractivity contribution in [2.24, 2.45) is 0 Å². The van der Waals surface area contributed by atoms with Crippen LogP contribution in [-0.4, -0.2) is 11.9 Å². The molecule has 1 aromatic rings. The van der Waals surface area contributed by atoms with Gasteiger partial charge in [-0.25, -0.2) is 0 Å². The second-order valence-electron chi connectivity index (χ2n) is 3.88. The minimum atomic E-state index is 0.717. The predicted octanol–water partition coefficient (Wildman–Crippen LogP) is 3.73. The van der Waals surface area contributed by atoms with E-state index in [4.69, 9.17) is 4.74 Å². The molecule has 0 aromatic heterocycles. The standard InChI is InChI=1S/C12H15BrO/c1-14-12-6-3-9(4-7-12)10-2-5-11(13)8-10/h3-4,6-7,10-11H,2,5,8H2,1H3. The Morgan fingerprint density at radius 3 is 2.43 bits per heavy atom. The highest BCUT2D eigenvalue weighted by Gasteiger charge is 2.23. The summed E-state index contributed by atoms with van der Waals surface area (Å²) in [7, 11) is 1.71. The molecule has 0 radical (unpaired) electrons. The summed E-state index contributed by atoms with van der Waals surface area (Å²) < 4.78 is 5.14. The molecular formula is C12H15BrO. The number of benzene rings is 1. The fraction of sp³-hybridized carbons (Fsp3) is 0.500. The summed E-state index contributed by atoms with van der Waals surface area (Å²) in [5.41, 5.74) is 1.45. The molecule has 1 nitrogen and oxygen atoms in total. The quantitative estimate of drug-likeness (QED) is 0.732. The smallest absolute Gasteiger partial charge is 0.118 e. The first-order valence-corrected chi connectivity index (χ1v) is 5.99. The van der Waals surface area contributed by atoms with Gasteiger partial charge in [-0.2, -0.15) is 0 Å². The van der Waals surface area contributed by atoms with Crippen LogP contribution in [0.2, 0.25) is 0 Å². The number of halogens is 1. The van der Waals surface area contributed by atoms with Crippen LogP contribution in [0, 0.1) is 0 Å². The monoisotopic (exact) mass is 254 g/mol. The molecule has 2 unspecified atom stereocenters. The van der Waals surface area contributed by atoms with Crippen LogP contribution in [0.4, 0.5) is 0 Å². The van der Waals surface area contributed by atoms with E-state index in [9.17, 15) is 0 Å². The van der Waals surface area contributed by atoms with Crippen LogP contribution >= 0.6 is 15.9 Å². The fourth-order valence-corrected chi connectivity index (χ4v) is 2.82. The van der Waals surface area contributed by atoms with E-state index in [-0.39, 0.29) is 0 Å². The summed E-state index contributed by atoms with van der Waals surface area (Å²) in [6.45, 7) is 0. The summed E-state index contributed by atoms with van der Waals surface area (Å²) >= 11 is 3.68. The third-order valence-electron chi connectivity index (χ3n) is 2.96. The molecule has 2 rings (SSSR count). The summed E-state index contributed by atoms with van der Waals surface area (Å²) in [4.78, 5) is 0.717. The van der Waals surface area contributed by atoms with E-state index in [1.807, 2.05) is 0 Å². The zero-order chi connectivity index (χ0) is 9.97. The minimum Gasteiger partial charge on any atom is -0.497 e. The van der Waals surface area contributed by atoms with E-state index >= 15 is 0 Å². The van der Waals surface area contributed by atoms with E-state index in [1.54, 1.807) is 7.11 Å². The number of ether oxygens (including phenoxy) is 1. The first-order chi connectivity index (χ1) is 6.79. The Morgan fingerprint density at radius 2 is 1.93 bits per heavy atom. The summed E-state index contributed by atoms with van der Waals surface area (Å²) in [5, 5.41) is 0. The highest BCUT2D eigenvalue weighted by atomic mass is 79.9. The molecule has 1 fully saturated rings. The Morgan fingerprint density at radius 1 is 1.21 bits per heavy atom. The molecule has 0 aliphatic heterocycles. The third-order valence-corrected chi connectivity index (χ3v) is 3.79. The molecule has 0 saturated heterocycles. The summed E-state index contributed by atoms with van der Waals surface area (Å²) in [6, 6.07) is 8.48. The lowest BCUT2D eigenvalue weighted by Crippen LogP contribution is -1.94. The first kappa shape index (κ1) is 10.0. The van der Waals surface area contributed by atoms with Gasteiger partial charge in [-0.15, -0.1) is 0 Å². The molecule has 0 N–H and O–H groups in total.